The van der Waals surface area contributed by atoms with Crippen LogP contribution in [0.2, 0.25) is 0 Å². The molecule has 19 heavy (non-hydrogen) atoms. The summed E-state index contributed by atoms with van der Waals surface area (Å²) in [6, 6.07) is 10.5. The van der Waals surface area contributed by atoms with Crippen LogP contribution in [0.4, 0.5) is 0 Å². The normalized spacial score (nSPS) is 13.2. The summed E-state index contributed by atoms with van der Waals surface area (Å²) >= 11 is 6.31. The number of nitrogens with zero attached hydrogens (tertiary/aromatic N) is 1. The molecule has 1 N–H and O–H groups in total. The fourth-order valence-electron chi connectivity index (χ4n) is 1.18. The van der Waals surface area contributed by atoms with Crippen LogP contribution in [0.15, 0.2) is 42.5 Å². The van der Waals surface area contributed by atoms with E-state index in [2.05, 4.69) is 30.5 Å². The van der Waals surface area contributed by atoms with Crippen molar-refractivity contribution in [2.75, 3.05) is 14.1 Å². The van der Waals surface area contributed by atoms with Gasteiger partial charge >= 0.3 is 5.97 Å². The number of hydrogen-bond donors (Lipinski definition) is 1. The summed E-state index contributed by atoms with van der Waals surface area (Å²) in [5, 5.41) is 7.96. The number of alkyl halides is 1. The van der Waals surface area contributed by atoms with E-state index in [0.29, 0.717) is 6.04 Å². The summed E-state index contributed by atoms with van der Waals surface area (Å²) in [6.07, 6.45) is 0. The lowest BCUT2D eigenvalue weighted by atomic mass is 10.1. The van der Waals surface area contributed by atoms with Crippen molar-refractivity contribution in [1.29, 1.82) is 0 Å². The van der Waals surface area contributed by atoms with Crippen molar-refractivity contribution in [2.45, 2.75) is 25.3 Å². The van der Waals surface area contributed by atoms with Crippen LogP contribution in [0.25, 0.3) is 0 Å². The van der Waals surface area contributed by atoms with Gasteiger partial charge in [-0.2, -0.15) is 0 Å². The second-order valence-corrected chi connectivity index (χ2v) is 5.07. The molecule has 0 saturated carbocycles. The number of benzene rings is 1. The van der Waals surface area contributed by atoms with E-state index in [1.807, 2.05) is 32.3 Å². The molecule has 0 bridgehead atoms. The Morgan fingerprint density at radius 1 is 1.32 bits per heavy atom. The van der Waals surface area contributed by atoms with Gasteiger partial charge in [-0.15, -0.1) is 11.6 Å². The third-order valence-electron chi connectivity index (χ3n) is 2.72. The lowest BCUT2D eigenvalue weighted by molar-refractivity contribution is -0.132. The molecule has 1 aromatic rings. The highest BCUT2D eigenvalue weighted by atomic mass is 35.5. The number of halogens is 1. The predicted molar refractivity (Wildman–Crippen MR) is 80.6 cm³/mol. The van der Waals surface area contributed by atoms with Crippen molar-refractivity contribution in [3.8, 4) is 0 Å². The quantitative estimate of drug-likeness (QED) is 0.678. The van der Waals surface area contributed by atoms with E-state index in [9.17, 15) is 4.79 Å². The van der Waals surface area contributed by atoms with Crippen LogP contribution in [-0.4, -0.2) is 36.1 Å². The van der Waals surface area contributed by atoms with Gasteiger partial charge in [-0.1, -0.05) is 36.9 Å². The van der Waals surface area contributed by atoms with E-state index in [1.54, 1.807) is 0 Å². The zero-order valence-electron chi connectivity index (χ0n) is 11.9. The second-order valence-electron chi connectivity index (χ2n) is 4.60. The molecule has 0 amide bonds. The molecule has 0 spiro atoms. The molecule has 3 nitrogen and oxygen atoms in total. The minimum Gasteiger partial charge on any atom is -0.478 e. The van der Waals surface area contributed by atoms with Crippen LogP contribution >= 0.6 is 11.6 Å². The van der Waals surface area contributed by atoms with Gasteiger partial charge in [0.25, 0.3) is 0 Å². The SMILES string of the molecule is C=C(C)C(=O)O.CC(C(Cl)c1ccccc1)N(C)C. The summed E-state index contributed by atoms with van der Waals surface area (Å²) in [7, 11) is 4.09. The van der Waals surface area contributed by atoms with Crippen LogP contribution in [0.3, 0.4) is 0 Å². The third-order valence-corrected chi connectivity index (χ3v) is 3.34. The maximum Gasteiger partial charge on any atom is 0.330 e. The average Bonchev–Trinajstić information content (AvgIpc) is 2.38. The van der Waals surface area contributed by atoms with Crippen LogP contribution in [-0.2, 0) is 4.79 Å². The van der Waals surface area contributed by atoms with E-state index in [1.165, 1.54) is 12.5 Å². The van der Waals surface area contributed by atoms with E-state index >= 15 is 0 Å². The summed E-state index contributed by atoms with van der Waals surface area (Å²) < 4.78 is 0. The van der Waals surface area contributed by atoms with E-state index in [4.69, 9.17) is 16.7 Å². The smallest absolute Gasteiger partial charge is 0.330 e. The molecule has 0 aromatic heterocycles. The van der Waals surface area contributed by atoms with Gasteiger partial charge in [-0.25, -0.2) is 4.79 Å². The Morgan fingerprint density at radius 3 is 2.05 bits per heavy atom. The molecule has 0 heterocycles. The number of carboxylic acids is 1. The summed E-state index contributed by atoms with van der Waals surface area (Å²) in [6.45, 7) is 6.73. The average molecular weight is 284 g/mol. The standard InChI is InChI=1S/C11H16ClN.C4H6O2/c1-9(13(2)3)11(12)10-7-5-4-6-8-10;1-3(2)4(5)6/h4-9,11H,1-3H3;1H2,2H3,(H,5,6). The number of hydrogen-bond acceptors (Lipinski definition) is 2. The van der Waals surface area contributed by atoms with Crippen LogP contribution in [0.5, 0.6) is 0 Å². The largest absolute Gasteiger partial charge is 0.478 e. The van der Waals surface area contributed by atoms with Crippen LogP contribution < -0.4 is 0 Å². The van der Waals surface area contributed by atoms with E-state index < -0.39 is 5.97 Å². The zero-order valence-corrected chi connectivity index (χ0v) is 12.7. The Kier molecular flexibility index (Phi) is 8.12. The van der Waals surface area contributed by atoms with Gasteiger partial charge in [0, 0.05) is 11.6 Å². The molecule has 106 valence electrons. The number of aliphatic carboxylic acids is 1. The molecule has 0 aliphatic rings. The van der Waals surface area contributed by atoms with Gasteiger partial charge in [0.15, 0.2) is 0 Å². The van der Waals surface area contributed by atoms with Gasteiger partial charge in [-0.05, 0) is 33.5 Å². The number of carbonyl (C=O) groups is 1. The van der Waals surface area contributed by atoms with Crippen LogP contribution in [0.1, 0.15) is 24.8 Å². The molecule has 0 fully saturated rings. The van der Waals surface area contributed by atoms with Crippen molar-refractivity contribution in [2.24, 2.45) is 0 Å². The fraction of sp³-hybridized carbons (Fsp3) is 0.400. The first kappa shape index (κ1) is 17.7. The predicted octanol–water partition coefficient (Wildman–Crippen LogP) is 3.56. The summed E-state index contributed by atoms with van der Waals surface area (Å²) in [5.41, 5.74) is 1.36. The molecular formula is C15H22ClNO2. The monoisotopic (exact) mass is 283 g/mol. The Balaban J connectivity index is 0.000000459. The number of carboxylic acid groups (broad SMARTS) is 1. The molecular weight excluding hydrogens is 262 g/mol. The van der Waals surface area contributed by atoms with Gasteiger partial charge < -0.3 is 10.0 Å². The molecule has 4 heteroatoms. The number of likely N-dealkylation sites (N-methyl/N-ethyl adjacent to an activating group) is 1. The lowest BCUT2D eigenvalue weighted by Crippen LogP contribution is -2.28. The topological polar surface area (TPSA) is 40.5 Å². The van der Waals surface area contributed by atoms with E-state index in [0.717, 1.165) is 0 Å². The maximum absolute atomic E-state index is 9.60. The first-order valence-corrected chi connectivity index (χ1v) is 6.45. The lowest BCUT2D eigenvalue weighted by Gasteiger charge is -2.24. The van der Waals surface area contributed by atoms with Crippen molar-refractivity contribution in [3.63, 3.8) is 0 Å². The van der Waals surface area contributed by atoms with Gasteiger partial charge in [0.05, 0.1) is 5.38 Å². The van der Waals surface area contributed by atoms with Crippen molar-refractivity contribution >= 4 is 17.6 Å². The highest BCUT2D eigenvalue weighted by Gasteiger charge is 2.17. The number of rotatable bonds is 4. The fourth-order valence-corrected chi connectivity index (χ4v) is 1.55. The molecule has 2 unspecified atom stereocenters. The maximum atomic E-state index is 9.60. The summed E-state index contributed by atoms with van der Waals surface area (Å²) in [4.78, 5) is 11.7. The molecule has 1 aromatic carbocycles. The van der Waals surface area contributed by atoms with Gasteiger partial charge in [0.2, 0.25) is 0 Å². The Labute approximate surface area is 120 Å². The van der Waals surface area contributed by atoms with Crippen LogP contribution in [0, 0.1) is 0 Å². The highest BCUT2D eigenvalue weighted by molar-refractivity contribution is 6.21. The molecule has 0 aliphatic carbocycles. The highest BCUT2D eigenvalue weighted by Crippen LogP contribution is 2.25. The van der Waals surface area contributed by atoms with E-state index in [-0.39, 0.29) is 11.0 Å². The van der Waals surface area contributed by atoms with Gasteiger partial charge in [0.1, 0.15) is 0 Å². The molecule has 2 atom stereocenters. The first-order chi connectivity index (χ1) is 8.77. The minimum absolute atomic E-state index is 0.0659. The molecule has 0 saturated heterocycles. The molecule has 1 rings (SSSR count). The van der Waals surface area contributed by atoms with Crippen molar-refractivity contribution in [3.05, 3.63) is 48.0 Å². The Bertz CT molecular complexity index is 392. The first-order valence-electron chi connectivity index (χ1n) is 6.01. The second kappa shape index (κ2) is 8.73. The van der Waals surface area contributed by atoms with Gasteiger partial charge in [-0.3, -0.25) is 0 Å². The Morgan fingerprint density at radius 2 is 1.74 bits per heavy atom. The van der Waals surface area contributed by atoms with Crippen molar-refractivity contribution in [1.82, 2.24) is 4.90 Å². The zero-order chi connectivity index (χ0) is 15.0. The minimum atomic E-state index is -0.935. The Hall–Kier alpha value is -1.32. The molecule has 0 radical (unpaired) electrons. The summed E-state index contributed by atoms with van der Waals surface area (Å²) in [5.74, 6) is -0.935. The molecule has 0 aliphatic heterocycles. The third kappa shape index (κ3) is 6.99. The van der Waals surface area contributed by atoms with Crippen molar-refractivity contribution < 1.29 is 9.90 Å².